The smallest absolute Gasteiger partial charge is 0.135 e. The van der Waals surface area contributed by atoms with Gasteiger partial charge in [0.25, 0.3) is 0 Å². The number of hydrogen-bond donors (Lipinski definition) is 0. The fourth-order valence-corrected chi connectivity index (χ4v) is 9.87. The Hall–Kier alpha value is -7.16. The van der Waals surface area contributed by atoms with Crippen molar-refractivity contribution < 1.29 is 4.42 Å². The molecule has 12 rings (SSSR count). The van der Waals surface area contributed by atoms with Crippen molar-refractivity contribution in [3.05, 3.63) is 199 Å². The Bertz CT molecular complexity index is 3440. The quantitative estimate of drug-likeness (QED) is 0.168. The Morgan fingerprint density at radius 3 is 1.81 bits per heavy atom. The second-order valence-electron chi connectivity index (χ2n) is 16.1. The summed E-state index contributed by atoms with van der Waals surface area (Å²) in [6.07, 6.45) is 0. The molecule has 0 N–H and O–H groups in total. The Balaban J connectivity index is 1.05. The number of hydrogen-bond acceptors (Lipinski definition) is 2. The van der Waals surface area contributed by atoms with Crippen molar-refractivity contribution in [3.63, 3.8) is 0 Å². The molecule has 0 amide bonds. The maximum absolute atomic E-state index is 6.24. The molecule has 0 radical (unpaired) electrons. The Morgan fingerprint density at radius 1 is 0.368 bits per heavy atom. The first-order valence-electron chi connectivity index (χ1n) is 19.8. The molecule has 0 bridgehead atoms. The minimum Gasteiger partial charge on any atom is -0.456 e. The molecule has 0 saturated heterocycles. The van der Waals surface area contributed by atoms with Crippen LogP contribution in [0, 0.1) is 0 Å². The molecule has 0 atom stereocenters. The van der Waals surface area contributed by atoms with E-state index in [2.05, 4.69) is 195 Å². The number of anilines is 3. The predicted octanol–water partition coefficient (Wildman–Crippen LogP) is 15.6. The summed E-state index contributed by atoms with van der Waals surface area (Å²) in [6, 6.07) is 69.1. The van der Waals surface area contributed by atoms with E-state index in [-0.39, 0.29) is 5.41 Å². The molecule has 57 heavy (non-hydrogen) atoms. The van der Waals surface area contributed by atoms with Crippen molar-refractivity contribution >= 4 is 82.1 Å². The first-order chi connectivity index (χ1) is 28.0. The molecule has 1 aliphatic carbocycles. The molecule has 1 aromatic heterocycles. The number of rotatable bonds is 4. The van der Waals surface area contributed by atoms with Crippen molar-refractivity contribution in [3.8, 4) is 22.3 Å². The third kappa shape index (κ3) is 4.71. The van der Waals surface area contributed by atoms with Crippen LogP contribution in [0.15, 0.2) is 192 Å². The number of benzene rings is 10. The van der Waals surface area contributed by atoms with Gasteiger partial charge in [-0.1, -0.05) is 141 Å². The van der Waals surface area contributed by atoms with Gasteiger partial charge < -0.3 is 9.32 Å². The third-order valence-corrected chi connectivity index (χ3v) is 12.6. The van der Waals surface area contributed by atoms with Gasteiger partial charge in [-0.05, 0) is 137 Å². The maximum Gasteiger partial charge on any atom is 0.135 e. The van der Waals surface area contributed by atoms with Crippen LogP contribution in [0.2, 0.25) is 0 Å². The van der Waals surface area contributed by atoms with E-state index in [1.165, 1.54) is 76.5 Å². The maximum atomic E-state index is 6.24. The van der Waals surface area contributed by atoms with E-state index in [0.717, 1.165) is 39.0 Å². The Labute approximate surface area is 330 Å². The second-order valence-corrected chi connectivity index (χ2v) is 16.1. The molecule has 11 aromatic rings. The van der Waals surface area contributed by atoms with Gasteiger partial charge in [-0.2, -0.15) is 0 Å². The summed E-state index contributed by atoms with van der Waals surface area (Å²) in [5, 5.41) is 12.6. The topological polar surface area (TPSA) is 16.4 Å². The van der Waals surface area contributed by atoms with Crippen molar-refractivity contribution in [2.75, 3.05) is 4.90 Å². The largest absolute Gasteiger partial charge is 0.456 e. The second kappa shape index (κ2) is 11.9. The first kappa shape index (κ1) is 32.1. The van der Waals surface area contributed by atoms with E-state index in [1.54, 1.807) is 0 Å². The first-order valence-corrected chi connectivity index (χ1v) is 19.8. The number of nitrogens with zero attached hydrogens (tertiary/aromatic N) is 1. The zero-order valence-electron chi connectivity index (χ0n) is 31.8. The molecular weight excluding hydrogens is 691 g/mol. The van der Waals surface area contributed by atoms with Gasteiger partial charge in [0.1, 0.15) is 11.2 Å². The summed E-state index contributed by atoms with van der Waals surface area (Å²) in [5.74, 6) is 0. The molecule has 2 heteroatoms. The van der Waals surface area contributed by atoms with Gasteiger partial charge in [-0.25, -0.2) is 0 Å². The monoisotopic (exact) mass is 727 g/mol. The lowest BCUT2D eigenvalue weighted by Crippen LogP contribution is -2.15. The van der Waals surface area contributed by atoms with Crippen LogP contribution in [0.4, 0.5) is 17.1 Å². The van der Waals surface area contributed by atoms with Gasteiger partial charge in [0, 0.05) is 33.2 Å². The standard InChI is InChI=1S/C55H37NO/c1-55(2)49-27-24-36(45-31-37-23-22-35-21-20-34-12-6-7-15-41(34)53(35)54(37)44-18-9-8-16-42(44)45)30-46(49)47-32-39(25-28-50(47)55)56(38-13-4-3-5-14-38)40-26-29-52-48(33-40)43-17-10-11-19-51(43)57-52/h3-33H,1-2H3. The highest BCUT2D eigenvalue weighted by Gasteiger charge is 2.36. The highest BCUT2D eigenvalue weighted by molar-refractivity contribution is 6.29. The van der Waals surface area contributed by atoms with Crippen LogP contribution in [-0.4, -0.2) is 0 Å². The minimum atomic E-state index is -0.140. The molecule has 268 valence electrons. The van der Waals surface area contributed by atoms with Crippen LogP contribution in [0.3, 0.4) is 0 Å². The molecule has 10 aromatic carbocycles. The van der Waals surface area contributed by atoms with E-state index >= 15 is 0 Å². The van der Waals surface area contributed by atoms with Crippen molar-refractivity contribution in [1.29, 1.82) is 0 Å². The summed E-state index contributed by atoms with van der Waals surface area (Å²) in [6.45, 7) is 4.73. The van der Waals surface area contributed by atoms with Crippen LogP contribution in [0.25, 0.3) is 87.3 Å². The number of furan rings is 1. The molecule has 0 fully saturated rings. The van der Waals surface area contributed by atoms with E-state index in [0.29, 0.717) is 0 Å². The van der Waals surface area contributed by atoms with Crippen molar-refractivity contribution in [2.45, 2.75) is 19.3 Å². The SMILES string of the molecule is CC1(C)c2ccc(-c3cc4ccc5ccc6ccccc6c5c4c4ccccc34)cc2-c2cc(N(c3ccccc3)c3ccc4oc5ccccc5c4c3)ccc21. The molecule has 2 nitrogen and oxygen atoms in total. The van der Waals surface area contributed by atoms with E-state index in [9.17, 15) is 0 Å². The van der Waals surface area contributed by atoms with E-state index in [1.807, 2.05) is 12.1 Å². The summed E-state index contributed by atoms with van der Waals surface area (Å²) >= 11 is 0. The summed E-state index contributed by atoms with van der Waals surface area (Å²) in [7, 11) is 0. The van der Waals surface area contributed by atoms with Crippen LogP contribution in [0.1, 0.15) is 25.0 Å². The van der Waals surface area contributed by atoms with Crippen LogP contribution in [-0.2, 0) is 5.41 Å². The Kier molecular flexibility index (Phi) is 6.72. The molecule has 0 aliphatic heterocycles. The van der Waals surface area contributed by atoms with Gasteiger partial charge in [-0.15, -0.1) is 0 Å². The molecule has 1 aliphatic rings. The minimum absolute atomic E-state index is 0.140. The summed E-state index contributed by atoms with van der Waals surface area (Å²) < 4.78 is 6.24. The summed E-state index contributed by atoms with van der Waals surface area (Å²) in [4.78, 5) is 2.38. The lowest BCUT2D eigenvalue weighted by molar-refractivity contribution is 0.660. The molecule has 1 heterocycles. The molecular formula is C55H37NO. The van der Waals surface area contributed by atoms with E-state index in [4.69, 9.17) is 4.42 Å². The zero-order chi connectivity index (χ0) is 37.8. The molecule has 0 unspecified atom stereocenters. The lowest BCUT2D eigenvalue weighted by atomic mass is 9.82. The van der Waals surface area contributed by atoms with Crippen molar-refractivity contribution in [2.24, 2.45) is 0 Å². The number of fused-ring (bicyclic) bond motifs is 13. The third-order valence-electron chi connectivity index (χ3n) is 12.6. The normalized spacial score (nSPS) is 13.2. The van der Waals surface area contributed by atoms with Crippen molar-refractivity contribution in [1.82, 2.24) is 0 Å². The van der Waals surface area contributed by atoms with Gasteiger partial charge in [0.15, 0.2) is 0 Å². The van der Waals surface area contributed by atoms with Gasteiger partial charge >= 0.3 is 0 Å². The fraction of sp³-hybridized carbons (Fsp3) is 0.0545. The average molecular weight is 728 g/mol. The van der Waals surface area contributed by atoms with Gasteiger partial charge in [0.2, 0.25) is 0 Å². The van der Waals surface area contributed by atoms with E-state index < -0.39 is 0 Å². The fourth-order valence-electron chi connectivity index (χ4n) is 9.87. The van der Waals surface area contributed by atoms with Crippen LogP contribution < -0.4 is 4.90 Å². The summed E-state index contributed by atoms with van der Waals surface area (Å²) in [5.41, 5.74) is 12.8. The average Bonchev–Trinajstić information content (AvgIpc) is 3.74. The molecule has 0 saturated carbocycles. The predicted molar refractivity (Wildman–Crippen MR) is 241 cm³/mol. The van der Waals surface area contributed by atoms with Crippen LogP contribution >= 0.6 is 0 Å². The molecule has 0 spiro atoms. The van der Waals surface area contributed by atoms with Crippen LogP contribution in [0.5, 0.6) is 0 Å². The van der Waals surface area contributed by atoms with Gasteiger partial charge in [-0.3, -0.25) is 0 Å². The highest BCUT2D eigenvalue weighted by atomic mass is 16.3. The highest BCUT2D eigenvalue weighted by Crippen LogP contribution is 2.52. The Morgan fingerprint density at radius 2 is 0.965 bits per heavy atom. The lowest BCUT2D eigenvalue weighted by Gasteiger charge is -2.27. The van der Waals surface area contributed by atoms with Gasteiger partial charge in [0.05, 0.1) is 0 Å². The zero-order valence-corrected chi connectivity index (χ0v) is 31.8. The number of para-hydroxylation sites is 2.